The molecule has 0 aliphatic heterocycles. The van der Waals surface area contributed by atoms with Crippen molar-refractivity contribution in [2.24, 2.45) is 5.73 Å². The standard InChI is InChI=1S/C8H13N3O2S/c9-2-4-13-5-6-14-8-10-3-1-7(12)11-8/h1,3H,2,4-6,9H2,(H,10,11,12). The number of hydrogen-bond donors (Lipinski definition) is 2. The summed E-state index contributed by atoms with van der Waals surface area (Å²) in [6, 6.07) is 1.38. The van der Waals surface area contributed by atoms with E-state index >= 15 is 0 Å². The van der Waals surface area contributed by atoms with Crippen molar-refractivity contribution in [1.82, 2.24) is 9.97 Å². The third-order valence-electron chi connectivity index (χ3n) is 1.38. The molecule has 0 bridgehead atoms. The number of nitrogens with zero attached hydrogens (tertiary/aromatic N) is 1. The highest BCUT2D eigenvalue weighted by atomic mass is 32.2. The van der Waals surface area contributed by atoms with E-state index < -0.39 is 0 Å². The summed E-state index contributed by atoms with van der Waals surface area (Å²) in [5.74, 6) is 0.757. The molecule has 3 N–H and O–H groups in total. The van der Waals surface area contributed by atoms with Crippen LogP contribution in [0.5, 0.6) is 0 Å². The Morgan fingerprint density at radius 3 is 3.14 bits per heavy atom. The van der Waals surface area contributed by atoms with Crippen LogP contribution in [0.3, 0.4) is 0 Å². The van der Waals surface area contributed by atoms with Gasteiger partial charge in [-0.2, -0.15) is 0 Å². The number of nitrogens with two attached hydrogens (primary N) is 1. The second kappa shape index (κ2) is 6.58. The van der Waals surface area contributed by atoms with Crippen molar-refractivity contribution in [2.75, 3.05) is 25.5 Å². The highest BCUT2D eigenvalue weighted by Crippen LogP contribution is 2.08. The summed E-state index contributed by atoms with van der Waals surface area (Å²) in [5, 5.41) is 0.619. The fourth-order valence-corrected chi connectivity index (χ4v) is 1.51. The lowest BCUT2D eigenvalue weighted by Gasteiger charge is -2.01. The van der Waals surface area contributed by atoms with Crippen molar-refractivity contribution < 1.29 is 4.74 Å². The van der Waals surface area contributed by atoms with E-state index in [1.54, 1.807) is 0 Å². The van der Waals surface area contributed by atoms with Gasteiger partial charge in [-0.1, -0.05) is 11.8 Å². The molecule has 5 nitrogen and oxygen atoms in total. The predicted octanol–water partition coefficient (Wildman–Crippen LogP) is -0.163. The van der Waals surface area contributed by atoms with Gasteiger partial charge in [0.05, 0.1) is 13.2 Å². The second-order valence-corrected chi connectivity index (χ2v) is 3.57. The Morgan fingerprint density at radius 1 is 1.57 bits per heavy atom. The molecule has 0 fully saturated rings. The van der Waals surface area contributed by atoms with Crippen molar-refractivity contribution >= 4 is 11.8 Å². The quantitative estimate of drug-likeness (QED) is 0.391. The first-order valence-electron chi connectivity index (χ1n) is 4.29. The first kappa shape index (κ1) is 11.2. The summed E-state index contributed by atoms with van der Waals surface area (Å²) in [7, 11) is 0. The van der Waals surface area contributed by atoms with E-state index in [2.05, 4.69) is 9.97 Å². The molecular weight excluding hydrogens is 202 g/mol. The van der Waals surface area contributed by atoms with Crippen molar-refractivity contribution in [3.05, 3.63) is 22.6 Å². The maximum absolute atomic E-state index is 10.9. The maximum Gasteiger partial charge on any atom is 0.251 e. The van der Waals surface area contributed by atoms with E-state index in [1.165, 1.54) is 24.0 Å². The third kappa shape index (κ3) is 4.40. The van der Waals surface area contributed by atoms with Crippen LogP contribution >= 0.6 is 11.8 Å². The number of aromatic amines is 1. The SMILES string of the molecule is NCCOCCSc1nccc(=O)[nH]1. The zero-order valence-electron chi connectivity index (χ0n) is 7.73. The van der Waals surface area contributed by atoms with Gasteiger partial charge in [0, 0.05) is 24.6 Å². The van der Waals surface area contributed by atoms with Gasteiger partial charge in [0.15, 0.2) is 5.16 Å². The lowest BCUT2D eigenvalue weighted by molar-refractivity contribution is 0.158. The van der Waals surface area contributed by atoms with Gasteiger partial charge in [-0.25, -0.2) is 4.98 Å². The summed E-state index contributed by atoms with van der Waals surface area (Å²) < 4.78 is 5.17. The molecular formula is C8H13N3O2S. The van der Waals surface area contributed by atoms with E-state index in [0.717, 1.165) is 5.75 Å². The van der Waals surface area contributed by atoms with E-state index in [4.69, 9.17) is 10.5 Å². The molecule has 0 aliphatic carbocycles. The predicted molar refractivity (Wildman–Crippen MR) is 55.5 cm³/mol. The summed E-state index contributed by atoms with van der Waals surface area (Å²) in [5.41, 5.74) is 5.12. The van der Waals surface area contributed by atoms with E-state index in [-0.39, 0.29) is 5.56 Å². The molecule has 0 radical (unpaired) electrons. The van der Waals surface area contributed by atoms with Crippen molar-refractivity contribution in [2.45, 2.75) is 5.16 Å². The van der Waals surface area contributed by atoms with Crippen LogP contribution in [-0.2, 0) is 4.74 Å². The fourth-order valence-electron chi connectivity index (χ4n) is 0.808. The minimum absolute atomic E-state index is 0.134. The first-order valence-corrected chi connectivity index (χ1v) is 5.27. The second-order valence-electron chi connectivity index (χ2n) is 2.49. The minimum atomic E-state index is -0.134. The van der Waals surface area contributed by atoms with E-state index in [9.17, 15) is 4.79 Å². The Balaban J connectivity index is 2.21. The summed E-state index contributed by atoms with van der Waals surface area (Å²) in [4.78, 5) is 17.5. The van der Waals surface area contributed by atoms with Gasteiger partial charge in [-0.05, 0) is 0 Å². The Hall–Kier alpha value is -0.850. The molecule has 1 aromatic rings. The highest BCUT2D eigenvalue weighted by Gasteiger charge is 1.95. The molecule has 0 aliphatic rings. The van der Waals surface area contributed by atoms with Gasteiger partial charge < -0.3 is 15.5 Å². The number of hydrogen-bond acceptors (Lipinski definition) is 5. The van der Waals surface area contributed by atoms with Gasteiger partial charge in [-0.15, -0.1) is 0 Å². The van der Waals surface area contributed by atoms with Crippen molar-refractivity contribution in [3.63, 3.8) is 0 Å². The largest absolute Gasteiger partial charge is 0.379 e. The van der Waals surface area contributed by atoms with Gasteiger partial charge in [0.1, 0.15) is 0 Å². The topological polar surface area (TPSA) is 81.0 Å². The van der Waals surface area contributed by atoms with Gasteiger partial charge in [0.25, 0.3) is 5.56 Å². The van der Waals surface area contributed by atoms with Crippen LogP contribution in [0.15, 0.2) is 22.2 Å². The molecule has 0 aromatic carbocycles. The first-order chi connectivity index (χ1) is 6.83. The molecule has 0 amide bonds. The molecule has 0 unspecified atom stereocenters. The van der Waals surface area contributed by atoms with Gasteiger partial charge in [0.2, 0.25) is 0 Å². The molecule has 6 heteroatoms. The number of H-pyrrole nitrogens is 1. The summed E-state index contributed by atoms with van der Waals surface area (Å²) >= 11 is 1.45. The molecule has 0 spiro atoms. The fraction of sp³-hybridized carbons (Fsp3) is 0.500. The van der Waals surface area contributed by atoms with Crippen molar-refractivity contribution in [1.29, 1.82) is 0 Å². The van der Waals surface area contributed by atoms with Gasteiger partial charge in [-0.3, -0.25) is 4.79 Å². The number of aromatic nitrogens is 2. The lowest BCUT2D eigenvalue weighted by Crippen LogP contribution is -2.10. The molecule has 0 atom stereocenters. The van der Waals surface area contributed by atoms with Crippen LogP contribution in [0.4, 0.5) is 0 Å². The van der Waals surface area contributed by atoms with E-state index in [0.29, 0.717) is 24.9 Å². The zero-order valence-corrected chi connectivity index (χ0v) is 8.55. The number of nitrogens with one attached hydrogen (secondary N) is 1. The number of thioether (sulfide) groups is 1. The molecule has 1 aromatic heterocycles. The molecule has 0 saturated carbocycles. The summed E-state index contributed by atoms with van der Waals surface area (Å²) in [6.45, 7) is 1.71. The van der Waals surface area contributed by atoms with Crippen molar-refractivity contribution in [3.8, 4) is 0 Å². The zero-order chi connectivity index (χ0) is 10.2. The maximum atomic E-state index is 10.9. The average molecular weight is 215 g/mol. The van der Waals surface area contributed by atoms with Crippen LogP contribution in [0.2, 0.25) is 0 Å². The Bertz CT molecular complexity index is 315. The lowest BCUT2D eigenvalue weighted by atomic mass is 10.7. The van der Waals surface area contributed by atoms with Crippen LogP contribution in [-0.4, -0.2) is 35.5 Å². The van der Waals surface area contributed by atoms with Crippen LogP contribution in [0, 0.1) is 0 Å². The average Bonchev–Trinajstić information content (AvgIpc) is 2.18. The number of rotatable bonds is 6. The Labute approximate surface area is 86.1 Å². The molecule has 1 heterocycles. The van der Waals surface area contributed by atoms with Crippen LogP contribution in [0.25, 0.3) is 0 Å². The minimum Gasteiger partial charge on any atom is -0.379 e. The molecule has 78 valence electrons. The Kier molecular flexibility index (Phi) is 5.28. The molecule has 0 saturated heterocycles. The van der Waals surface area contributed by atoms with Gasteiger partial charge >= 0.3 is 0 Å². The third-order valence-corrected chi connectivity index (χ3v) is 2.23. The summed E-state index contributed by atoms with van der Waals surface area (Å²) in [6.07, 6.45) is 1.49. The smallest absolute Gasteiger partial charge is 0.251 e. The molecule has 14 heavy (non-hydrogen) atoms. The normalized spacial score (nSPS) is 10.4. The highest BCUT2D eigenvalue weighted by molar-refractivity contribution is 7.99. The monoisotopic (exact) mass is 215 g/mol. The number of ether oxygens (including phenoxy) is 1. The van der Waals surface area contributed by atoms with Crippen LogP contribution < -0.4 is 11.3 Å². The van der Waals surface area contributed by atoms with Crippen LogP contribution in [0.1, 0.15) is 0 Å². The van der Waals surface area contributed by atoms with E-state index in [1.807, 2.05) is 0 Å². The molecule has 1 rings (SSSR count). The Morgan fingerprint density at radius 2 is 2.43 bits per heavy atom.